The molecule has 1 heterocycles. The van der Waals surface area contributed by atoms with E-state index in [9.17, 15) is 14.7 Å². The number of hydrogen-bond acceptors (Lipinski definition) is 5. The first kappa shape index (κ1) is 15.5. The first-order valence-corrected chi connectivity index (χ1v) is 6.83. The van der Waals surface area contributed by atoms with Gasteiger partial charge in [-0.3, -0.25) is 14.5 Å². The summed E-state index contributed by atoms with van der Waals surface area (Å²) in [5.41, 5.74) is 0.496. The average Bonchev–Trinajstić information content (AvgIpc) is 2.53. The van der Waals surface area contributed by atoms with E-state index in [4.69, 9.17) is 9.47 Å². The minimum Gasteiger partial charge on any atom is -0.497 e. The summed E-state index contributed by atoms with van der Waals surface area (Å²) in [5.74, 6) is -0.496. The number of rotatable bonds is 6. The Morgan fingerprint density at radius 2 is 1.90 bits per heavy atom. The Labute approximate surface area is 123 Å². The van der Waals surface area contributed by atoms with Crippen molar-refractivity contribution in [1.29, 1.82) is 0 Å². The maximum Gasteiger partial charge on any atom is 0.321 e. The number of methoxy groups -OCH3 is 1. The Morgan fingerprint density at radius 1 is 1.29 bits per heavy atom. The molecular formula is C15H19NO5. The molecule has 1 aliphatic heterocycles. The second-order valence-electron chi connectivity index (χ2n) is 4.86. The molecule has 0 saturated carbocycles. The van der Waals surface area contributed by atoms with Crippen LogP contribution in [0.2, 0.25) is 0 Å². The van der Waals surface area contributed by atoms with Crippen molar-refractivity contribution in [3.8, 4) is 5.75 Å². The van der Waals surface area contributed by atoms with Gasteiger partial charge < -0.3 is 14.6 Å². The first-order valence-electron chi connectivity index (χ1n) is 6.83. The zero-order valence-corrected chi connectivity index (χ0v) is 11.9. The third-order valence-corrected chi connectivity index (χ3v) is 3.56. The number of ether oxygens (including phenoxy) is 2. The van der Waals surface area contributed by atoms with Crippen molar-refractivity contribution in [3.05, 3.63) is 29.8 Å². The van der Waals surface area contributed by atoms with Crippen LogP contribution >= 0.6 is 0 Å². The fourth-order valence-corrected chi connectivity index (χ4v) is 2.33. The molecule has 0 amide bonds. The number of hydrogen-bond donors (Lipinski definition) is 1. The van der Waals surface area contributed by atoms with E-state index in [0.29, 0.717) is 37.6 Å². The van der Waals surface area contributed by atoms with Crippen LogP contribution < -0.4 is 4.74 Å². The molecular weight excluding hydrogens is 274 g/mol. The molecule has 114 valence electrons. The molecule has 2 rings (SSSR count). The molecule has 1 aromatic rings. The van der Waals surface area contributed by atoms with Crippen molar-refractivity contribution < 1.29 is 24.2 Å². The lowest BCUT2D eigenvalue weighted by Gasteiger charge is -2.31. The van der Waals surface area contributed by atoms with Crippen LogP contribution in [-0.2, 0) is 9.53 Å². The van der Waals surface area contributed by atoms with Crippen molar-refractivity contribution in [1.82, 2.24) is 4.90 Å². The van der Waals surface area contributed by atoms with Gasteiger partial charge in [-0.05, 0) is 24.3 Å². The molecule has 0 aromatic heterocycles. The van der Waals surface area contributed by atoms with Gasteiger partial charge in [-0.15, -0.1) is 0 Å². The van der Waals surface area contributed by atoms with Gasteiger partial charge in [-0.2, -0.15) is 0 Å². The number of carbonyl (C=O) groups excluding carboxylic acids is 1. The Morgan fingerprint density at radius 3 is 2.43 bits per heavy atom. The minimum absolute atomic E-state index is 0.0400. The van der Waals surface area contributed by atoms with Crippen molar-refractivity contribution in [3.63, 3.8) is 0 Å². The van der Waals surface area contributed by atoms with Crippen LogP contribution in [0, 0.1) is 0 Å². The normalized spacial score (nSPS) is 17.2. The number of carboxylic acid groups (broad SMARTS) is 1. The van der Waals surface area contributed by atoms with E-state index in [0.717, 1.165) is 0 Å². The second-order valence-corrected chi connectivity index (χ2v) is 4.86. The number of ketones is 1. The summed E-state index contributed by atoms with van der Waals surface area (Å²) in [4.78, 5) is 25.4. The standard InChI is InChI=1S/C15H19NO5/c1-20-12-4-2-11(3-5-12)14(17)10-13(15(18)19)16-6-8-21-9-7-16/h2-5,13H,6-10H2,1H3,(H,18,19)/t13-/m1/s1. The molecule has 21 heavy (non-hydrogen) atoms. The van der Waals surface area contributed by atoms with Gasteiger partial charge in [0.1, 0.15) is 11.8 Å². The fraction of sp³-hybridized carbons (Fsp3) is 0.467. The van der Waals surface area contributed by atoms with Gasteiger partial charge in [0, 0.05) is 25.1 Å². The van der Waals surface area contributed by atoms with Crippen molar-refractivity contribution >= 4 is 11.8 Å². The molecule has 0 radical (unpaired) electrons. The maximum atomic E-state index is 12.2. The average molecular weight is 293 g/mol. The molecule has 0 unspecified atom stereocenters. The van der Waals surface area contributed by atoms with Crippen LogP contribution in [0.3, 0.4) is 0 Å². The lowest BCUT2D eigenvalue weighted by molar-refractivity contribution is -0.144. The summed E-state index contributed by atoms with van der Waals surface area (Å²) >= 11 is 0. The highest BCUT2D eigenvalue weighted by Gasteiger charge is 2.29. The number of aliphatic carboxylic acids is 1. The van der Waals surface area contributed by atoms with Crippen LogP contribution in [0.4, 0.5) is 0 Å². The number of Topliss-reactive ketones (excluding diaryl/α,β-unsaturated/α-hetero) is 1. The minimum atomic E-state index is -0.973. The van der Waals surface area contributed by atoms with Crippen LogP contribution in [-0.4, -0.2) is 61.2 Å². The van der Waals surface area contributed by atoms with Crippen LogP contribution in [0.25, 0.3) is 0 Å². The maximum absolute atomic E-state index is 12.2. The third-order valence-electron chi connectivity index (χ3n) is 3.56. The van der Waals surface area contributed by atoms with E-state index in [2.05, 4.69) is 0 Å². The van der Waals surface area contributed by atoms with Gasteiger partial charge in [0.25, 0.3) is 0 Å². The third kappa shape index (κ3) is 4.03. The summed E-state index contributed by atoms with van der Waals surface area (Å²) in [6, 6.07) is 5.89. The van der Waals surface area contributed by atoms with Crippen molar-refractivity contribution in [2.45, 2.75) is 12.5 Å². The molecule has 1 fully saturated rings. The highest BCUT2D eigenvalue weighted by molar-refractivity contribution is 5.98. The summed E-state index contributed by atoms with van der Waals surface area (Å²) in [6.07, 6.45) is -0.0400. The van der Waals surface area contributed by atoms with Crippen molar-refractivity contribution in [2.24, 2.45) is 0 Å². The summed E-state index contributed by atoms with van der Waals surface area (Å²) in [5, 5.41) is 9.35. The molecule has 1 aliphatic rings. The van der Waals surface area contributed by atoms with E-state index in [1.54, 1.807) is 36.3 Å². The molecule has 1 atom stereocenters. The fourth-order valence-electron chi connectivity index (χ4n) is 2.33. The summed E-state index contributed by atoms with van der Waals surface area (Å²) in [6.45, 7) is 2.07. The molecule has 1 saturated heterocycles. The highest BCUT2D eigenvalue weighted by atomic mass is 16.5. The van der Waals surface area contributed by atoms with Gasteiger partial charge in [-0.25, -0.2) is 0 Å². The second kappa shape index (κ2) is 7.19. The lowest BCUT2D eigenvalue weighted by atomic mass is 10.0. The molecule has 0 spiro atoms. The first-order chi connectivity index (χ1) is 10.1. The van der Waals surface area contributed by atoms with Gasteiger partial charge in [0.2, 0.25) is 0 Å². The quantitative estimate of drug-likeness (QED) is 0.790. The zero-order chi connectivity index (χ0) is 15.2. The van der Waals surface area contributed by atoms with Gasteiger partial charge >= 0.3 is 5.97 Å². The van der Waals surface area contributed by atoms with Gasteiger partial charge in [0.15, 0.2) is 5.78 Å². The zero-order valence-electron chi connectivity index (χ0n) is 11.9. The number of morpholine rings is 1. The van der Waals surface area contributed by atoms with E-state index < -0.39 is 12.0 Å². The highest BCUT2D eigenvalue weighted by Crippen LogP contribution is 2.16. The Balaban J connectivity index is 2.04. The Hall–Kier alpha value is -1.92. The Kier molecular flexibility index (Phi) is 5.30. The molecule has 1 N–H and O–H groups in total. The monoisotopic (exact) mass is 293 g/mol. The van der Waals surface area contributed by atoms with E-state index in [1.807, 2.05) is 0 Å². The summed E-state index contributed by atoms with van der Waals surface area (Å²) < 4.78 is 10.2. The van der Waals surface area contributed by atoms with Crippen molar-refractivity contribution in [2.75, 3.05) is 33.4 Å². The predicted octanol–water partition coefficient (Wildman–Crippen LogP) is 1.05. The number of carbonyl (C=O) groups is 2. The topological polar surface area (TPSA) is 76.1 Å². The predicted molar refractivity (Wildman–Crippen MR) is 75.8 cm³/mol. The van der Waals surface area contributed by atoms with Gasteiger partial charge in [0.05, 0.1) is 20.3 Å². The van der Waals surface area contributed by atoms with E-state index >= 15 is 0 Å². The molecule has 0 bridgehead atoms. The summed E-state index contributed by atoms with van der Waals surface area (Å²) in [7, 11) is 1.55. The number of benzene rings is 1. The SMILES string of the molecule is COc1ccc(C(=O)C[C@H](C(=O)O)N2CCOCC2)cc1. The molecule has 0 aliphatic carbocycles. The Bertz CT molecular complexity index is 493. The van der Waals surface area contributed by atoms with Crippen LogP contribution in [0.1, 0.15) is 16.8 Å². The lowest BCUT2D eigenvalue weighted by Crippen LogP contribution is -2.48. The van der Waals surface area contributed by atoms with Crippen LogP contribution in [0.5, 0.6) is 5.75 Å². The molecule has 6 nitrogen and oxygen atoms in total. The largest absolute Gasteiger partial charge is 0.497 e. The van der Waals surface area contributed by atoms with E-state index in [1.165, 1.54) is 0 Å². The number of carboxylic acids is 1. The van der Waals surface area contributed by atoms with E-state index in [-0.39, 0.29) is 12.2 Å². The molecule has 6 heteroatoms. The smallest absolute Gasteiger partial charge is 0.321 e. The number of nitrogens with zero attached hydrogens (tertiary/aromatic N) is 1. The van der Waals surface area contributed by atoms with Crippen LogP contribution in [0.15, 0.2) is 24.3 Å². The molecule has 1 aromatic carbocycles. The van der Waals surface area contributed by atoms with Gasteiger partial charge in [-0.1, -0.05) is 0 Å².